The van der Waals surface area contributed by atoms with Crippen LogP contribution in [0.1, 0.15) is 11.1 Å². The van der Waals surface area contributed by atoms with Gasteiger partial charge in [-0.2, -0.15) is 5.26 Å². The highest BCUT2D eigenvalue weighted by Crippen LogP contribution is 2.42. The van der Waals surface area contributed by atoms with Gasteiger partial charge in [-0.3, -0.25) is 0 Å². The molecule has 2 heterocycles. The average molecular weight is 524 g/mol. The highest BCUT2D eigenvalue weighted by Gasteiger charge is 2.21. The summed E-state index contributed by atoms with van der Waals surface area (Å²) < 4.78 is 4.73. The van der Waals surface area contributed by atoms with Gasteiger partial charge in [0.25, 0.3) is 0 Å². The molecule has 0 fully saturated rings. The first-order valence-electron chi connectivity index (χ1n) is 13.9. The van der Waals surface area contributed by atoms with Gasteiger partial charge in [0, 0.05) is 32.7 Å². The van der Waals surface area contributed by atoms with Crippen LogP contribution in [0, 0.1) is 18.3 Å². The van der Waals surface area contributed by atoms with E-state index in [1.807, 2.05) is 6.07 Å². The summed E-state index contributed by atoms with van der Waals surface area (Å²) in [6, 6.07) is 49.3. The third-order valence-corrected chi connectivity index (χ3v) is 8.29. The van der Waals surface area contributed by atoms with Gasteiger partial charge in [-0.1, -0.05) is 84.9 Å². The van der Waals surface area contributed by atoms with E-state index in [1.165, 1.54) is 21.5 Å². The van der Waals surface area contributed by atoms with E-state index in [0.717, 1.165) is 50.1 Å². The first kappa shape index (κ1) is 23.3. The maximum atomic E-state index is 10.0. The van der Waals surface area contributed by atoms with Crippen molar-refractivity contribution in [3.8, 4) is 28.6 Å². The van der Waals surface area contributed by atoms with Gasteiger partial charge in [0.2, 0.25) is 0 Å². The Bertz CT molecular complexity index is 2240. The molecular formula is C38H25N3. The van der Waals surface area contributed by atoms with Crippen molar-refractivity contribution in [2.45, 2.75) is 6.92 Å². The fraction of sp³-hybridized carbons (Fsp3) is 0.0263. The van der Waals surface area contributed by atoms with Gasteiger partial charge in [0.05, 0.1) is 45.1 Å². The standard InChI is InChI=1S/C38H25N3/c1-25-11-10-20-37(41-34-18-8-4-14-29(34)30-15-5-9-19-35(30)41)38(25)31-23-26(24-39)21-22-36(31)40-32-16-6-2-12-27(32)28-13-3-7-17-33(28)40/h2-23H,1H3. The molecule has 0 aliphatic rings. The second-order valence-electron chi connectivity index (χ2n) is 10.6. The zero-order valence-electron chi connectivity index (χ0n) is 22.5. The number of aromatic nitrogens is 2. The van der Waals surface area contributed by atoms with Crippen LogP contribution < -0.4 is 0 Å². The van der Waals surface area contributed by atoms with Crippen molar-refractivity contribution >= 4 is 43.6 Å². The van der Waals surface area contributed by atoms with Crippen molar-refractivity contribution in [3.05, 3.63) is 145 Å². The third kappa shape index (κ3) is 3.38. The lowest BCUT2D eigenvalue weighted by atomic mass is 9.94. The summed E-state index contributed by atoms with van der Waals surface area (Å²) >= 11 is 0. The lowest BCUT2D eigenvalue weighted by Crippen LogP contribution is -2.03. The topological polar surface area (TPSA) is 33.6 Å². The van der Waals surface area contributed by atoms with Crippen molar-refractivity contribution in [3.63, 3.8) is 0 Å². The van der Waals surface area contributed by atoms with Crippen molar-refractivity contribution < 1.29 is 0 Å². The van der Waals surface area contributed by atoms with Gasteiger partial charge in [0.15, 0.2) is 0 Å². The minimum absolute atomic E-state index is 0.640. The first-order chi connectivity index (χ1) is 20.2. The Morgan fingerprint density at radius 1 is 0.488 bits per heavy atom. The summed E-state index contributed by atoms with van der Waals surface area (Å²) in [7, 11) is 0. The molecule has 0 amide bonds. The number of aryl methyl sites for hydroxylation is 1. The second kappa shape index (κ2) is 8.98. The third-order valence-electron chi connectivity index (χ3n) is 8.29. The first-order valence-corrected chi connectivity index (χ1v) is 13.9. The van der Waals surface area contributed by atoms with E-state index in [-0.39, 0.29) is 0 Å². The summed E-state index contributed by atoms with van der Waals surface area (Å²) in [5.74, 6) is 0. The molecule has 0 aliphatic heterocycles. The molecule has 0 N–H and O–H groups in total. The van der Waals surface area contributed by atoms with Gasteiger partial charge >= 0.3 is 0 Å². The summed E-state index contributed by atoms with van der Waals surface area (Å²) in [6.07, 6.45) is 0. The molecule has 8 rings (SSSR count). The van der Waals surface area contributed by atoms with Crippen LogP contribution in [0.2, 0.25) is 0 Å². The molecule has 0 bridgehead atoms. The maximum Gasteiger partial charge on any atom is 0.0991 e. The molecule has 3 heteroatoms. The van der Waals surface area contributed by atoms with Crippen LogP contribution in [0.25, 0.3) is 66.1 Å². The van der Waals surface area contributed by atoms with Crippen LogP contribution >= 0.6 is 0 Å². The predicted octanol–water partition coefficient (Wildman–Crippen LogP) is 9.73. The van der Waals surface area contributed by atoms with Crippen molar-refractivity contribution in [1.29, 1.82) is 5.26 Å². The highest BCUT2D eigenvalue weighted by atomic mass is 15.0. The zero-order valence-corrected chi connectivity index (χ0v) is 22.5. The van der Waals surface area contributed by atoms with Crippen LogP contribution in [0.15, 0.2) is 133 Å². The Hall–Kier alpha value is -5.59. The van der Waals surface area contributed by atoms with Crippen molar-refractivity contribution in [1.82, 2.24) is 9.13 Å². The highest BCUT2D eigenvalue weighted by molar-refractivity contribution is 6.11. The van der Waals surface area contributed by atoms with Crippen LogP contribution in [-0.4, -0.2) is 9.13 Å². The number of hydrogen-bond acceptors (Lipinski definition) is 1. The van der Waals surface area contributed by atoms with Gasteiger partial charge in [-0.15, -0.1) is 0 Å². The lowest BCUT2D eigenvalue weighted by Gasteiger charge is -2.20. The Morgan fingerprint density at radius 3 is 1.44 bits per heavy atom. The number of hydrogen-bond donors (Lipinski definition) is 0. The fourth-order valence-electron chi connectivity index (χ4n) is 6.55. The smallest absolute Gasteiger partial charge is 0.0991 e. The molecule has 0 aliphatic carbocycles. The van der Waals surface area contributed by atoms with Gasteiger partial charge in [0.1, 0.15) is 0 Å². The molecule has 41 heavy (non-hydrogen) atoms. The Morgan fingerprint density at radius 2 is 0.951 bits per heavy atom. The minimum Gasteiger partial charge on any atom is -0.309 e. The molecule has 6 aromatic carbocycles. The summed E-state index contributed by atoms with van der Waals surface area (Å²) in [4.78, 5) is 0. The Labute approximate surface area is 237 Å². The average Bonchev–Trinajstić information content (AvgIpc) is 3.54. The van der Waals surface area contributed by atoms with Crippen LogP contribution in [-0.2, 0) is 0 Å². The van der Waals surface area contributed by atoms with Gasteiger partial charge in [-0.25, -0.2) is 0 Å². The number of para-hydroxylation sites is 4. The number of fused-ring (bicyclic) bond motifs is 6. The molecule has 0 atom stereocenters. The number of rotatable bonds is 3. The molecule has 0 spiro atoms. The van der Waals surface area contributed by atoms with Gasteiger partial charge in [-0.05, 0) is 61.0 Å². The lowest BCUT2D eigenvalue weighted by molar-refractivity contribution is 1.15. The Kier molecular flexibility index (Phi) is 5.10. The van der Waals surface area contributed by atoms with E-state index >= 15 is 0 Å². The molecule has 8 aromatic rings. The quantitative estimate of drug-likeness (QED) is 0.227. The normalized spacial score (nSPS) is 11.5. The van der Waals surface area contributed by atoms with E-state index in [9.17, 15) is 5.26 Å². The maximum absolute atomic E-state index is 10.0. The molecular weight excluding hydrogens is 498 g/mol. The van der Waals surface area contributed by atoms with E-state index in [0.29, 0.717) is 5.56 Å². The molecule has 0 saturated heterocycles. The molecule has 192 valence electrons. The van der Waals surface area contributed by atoms with Crippen LogP contribution in [0.5, 0.6) is 0 Å². The Balaban J connectivity index is 1.52. The number of benzene rings is 6. The fourth-order valence-corrected chi connectivity index (χ4v) is 6.55. The molecule has 2 aromatic heterocycles. The summed E-state index contributed by atoms with van der Waals surface area (Å²) in [6.45, 7) is 2.17. The predicted molar refractivity (Wildman–Crippen MR) is 170 cm³/mol. The number of nitriles is 1. The van der Waals surface area contributed by atoms with Gasteiger partial charge < -0.3 is 9.13 Å². The molecule has 3 nitrogen and oxygen atoms in total. The largest absolute Gasteiger partial charge is 0.309 e. The molecule has 0 unspecified atom stereocenters. The van der Waals surface area contributed by atoms with Crippen molar-refractivity contribution in [2.24, 2.45) is 0 Å². The summed E-state index contributed by atoms with van der Waals surface area (Å²) in [5.41, 5.74) is 10.7. The molecule has 0 saturated carbocycles. The number of nitrogens with zero attached hydrogens (tertiary/aromatic N) is 3. The van der Waals surface area contributed by atoms with E-state index in [2.05, 4.69) is 150 Å². The molecule has 0 radical (unpaired) electrons. The zero-order chi connectivity index (χ0) is 27.5. The monoisotopic (exact) mass is 523 g/mol. The van der Waals surface area contributed by atoms with E-state index in [4.69, 9.17) is 0 Å². The summed E-state index contributed by atoms with van der Waals surface area (Å²) in [5, 5.41) is 14.9. The van der Waals surface area contributed by atoms with Crippen LogP contribution in [0.3, 0.4) is 0 Å². The van der Waals surface area contributed by atoms with Crippen LogP contribution in [0.4, 0.5) is 0 Å². The van der Waals surface area contributed by atoms with E-state index < -0.39 is 0 Å². The van der Waals surface area contributed by atoms with E-state index in [1.54, 1.807) is 0 Å². The second-order valence-corrected chi connectivity index (χ2v) is 10.6. The van der Waals surface area contributed by atoms with Crippen molar-refractivity contribution in [2.75, 3.05) is 0 Å². The SMILES string of the molecule is Cc1cccc(-n2c3ccccc3c3ccccc32)c1-c1cc(C#N)ccc1-n1c2ccccc2c2ccccc21. The minimum atomic E-state index is 0.640.